The van der Waals surface area contributed by atoms with Gasteiger partial charge in [0.2, 0.25) is 5.91 Å². The van der Waals surface area contributed by atoms with Crippen LogP contribution in [0.4, 0.5) is 0 Å². The molecule has 0 aromatic heterocycles. The molecule has 1 atom stereocenters. The Morgan fingerprint density at radius 2 is 2.25 bits per heavy atom. The van der Waals surface area contributed by atoms with Gasteiger partial charge in [-0.15, -0.1) is 0 Å². The van der Waals surface area contributed by atoms with E-state index in [2.05, 4.69) is 5.32 Å². The highest BCUT2D eigenvalue weighted by atomic mass is 16.5. The number of carbonyl (C=O) groups is 1. The van der Waals surface area contributed by atoms with Crippen LogP contribution in [0.3, 0.4) is 0 Å². The first-order valence-corrected chi connectivity index (χ1v) is 5.74. The molecule has 1 N–H and O–H groups in total. The van der Waals surface area contributed by atoms with Crippen molar-refractivity contribution in [1.29, 1.82) is 0 Å². The Bertz CT molecular complexity index is 211. The van der Waals surface area contributed by atoms with Crippen LogP contribution in [0, 0.1) is 5.92 Å². The maximum atomic E-state index is 11.7. The number of methoxy groups -OCH3 is 2. The predicted octanol–water partition coefficient (Wildman–Crippen LogP) is -0.283. The molecule has 0 saturated carbocycles. The summed E-state index contributed by atoms with van der Waals surface area (Å²) in [6.07, 6.45) is 1.05. The summed E-state index contributed by atoms with van der Waals surface area (Å²) in [4.78, 5) is 13.6. The van der Waals surface area contributed by atoms with Gasteiger partial charge in [-0.05, 0) is 6.42 Å². The maximum Gasteiger partial charge on any atom is 0.236 e. The Labute approximate surface area is 97.1 Å². The van der Waals surface area contributed by atoms with Crippen LogP contribution in [0.25, 0.3) is 0 Å². The van der Waals surface area contributed by atoms with Crippen molar-refractivity contribution in [3.8, 4) is 0 Å². The molecule has 1 rings (SSSR count). The summed E-state index contributed by atoms with van der Waals surface area (Å²) in [5.74, 6) is 0.683. The Kier molecular flexibility index (Phi) is 6.37. The largest absolute Gasteiger partial charge is 0.384 e. The summed E-state index contributed by atoms with van der Waals surface area (Å²) < 4.78 is 9.99. The molecule has 0 aromatic rings. The van der Waals surface area contributed by atoms with Gasteiger partial charge in [0, 0.05) is 39.8 Å². The van der Waals surface area contributed by atoms with Crippen molar-refractivity contribution in [2.75, 3.05) is 53.6 Å². The van der Waals surface area contributed by atoms with Crippen LogP contribution in [-0.4, -0.2) is 64.4 Å². The summed E-state index contributed by atoms with van der Waals surface area (Å²) in [5.41, 5.74) is 0. The van der Waals surface area contributed by atoms with E-state index in [9.17, 15) is 4.79 Å². The van der Waals surface area contributed by atoms with E-state index in [4.69, 9.17) is 9.47 Å². The molecule has 16 heavy (non-hydrogen) atoms. The predicted molar refractivity (Wildman–Crippen MR) is 61.3 cm³/mol. The molecule has 0 aliphatic carbocycles. The SMILES string of the molecule is COCCNCC(=O)N1CCC(COC)C1. The highest BCUT2D eigenvalue weighted by Crippen LogP contribution is 2.15. The second-order valence-electron chi connectivity index (χ2n) is 4.12. The van der Waals surface area contributed by atoms with Gasteiger partial charge in [0.15, 0.2) is 0 Å². The first kappa shape index (κ1) is 13.4. The Morgan fingerprint density at radius 1 is 1.44 bits per heavy atom. The van der Waals surface area contributed by atoms with Gasteiger partial charge >= 0.3 is 0 Å². The van der Waals surface area contributed by atoms with Crippen LogP contribution in [0.2, 0.25) is 0 Å². The van der Waals surface area contributed by atoms with E-state index < -0.39 is 0 Å². The number of likely N-dealkylation sites (tertiary alicyclic amines) is 1. The number of nitrogens with one attached hydrogen (secondary N) is 1. The minimum Gasteiger partial charge on any atom is -0.384 e. The average Bonchev–Trinajstić information content (AvgIpc) is 2.73. The van der Waals surface area contributed by atoms with E-state index in [0.29, 0.717) is 19.1 Å². The first-order valence-electron chi connectivity index (χ1n) is 5.74. The lowest BCUT2D eigenvalue weighted by molar-refractivity contribution is -0.129. The Morgan fingerprint density at radius 3 is 2.94 bits per heavy atom. The molecule has 5 heteroatoms. The maximum absolute atomic E-state index is 11.7. The Hall–Kier alpha value is -0.650. The van der Waals surface area contributed by atoms with Crippen molar-refractivity contribution in [3.63, 3.8) is 0 Å². The van der Waals surface area contributed by atoms with Crippen LogP contribution in [-0.2, 0) is 14.3 Å². The third-order valence-corrected chi connectivity index (χ3v) is 2.80. The minimum absolute atomic E-state index is 0.176. The topological polar surface area (TPSA) is 50.8 Å². The molecule has 0 radical (unpaired) electrons. The van der Waals surface area contributed by atoms with Gasteiger partial charge in [-0.1, -0.05) is 0 Å². The number of ether oxygens (including phenoxy) is 2. The monoisotopic (exact) mass is 230 g/mol. The van der Waals surface area contributed by atoms with E-state index in [1.807, 2.05) is 4.90 Å². The van der Waals surface area contributed by atoms with Crippen LogP contribution >= 0.6 is 0 Å². The van der Waals surface area contributed by atoms with Crippen LogP contribution in [0.1, 0.15) is 6.42 Å². The minimum atomic E-state index is 0.176. The molecule has 0 aromatic carbocycles. The van der Waals surface area contributed by atoms with Crippen molar-refractivity contribution in [2.45, 2.75) is 6.42 Å². The fourth-order valence-corrected chi connectivity index (χ4v) is 1.91. The quantitative estimate of drug-likeness (QED) is 0.611. The van der Waals surface area contributed by atoms with Crippen LogP contribution in [0.5, 0.6) is 0 Å². The number of carbonyl (C=O) groups excluding carboxylic acids is 1. The molecule has 1 fully saturated rings. The fourth-order valence-electron chi connectivity index (χ4n) is 1.91. The van der Waals surface area contributed by atoms with Crippen molar-refractivity contribution >= 4 is 5.91 Å². The standard InChI is InChI=1S/C11H22N2O3/c1-15-6-4-12-7-11(14)13-5-3-10(8-13)9-16-2/h10,12H,3-9H2,1-2H3. The van der Waals surface area contributed by atoms with Crippen LogP contribution in [0.15, 0.2) is 0 Å². The molecule has 0 spiro atoms. The third kappa shape index (κ3) is 4.47. The summed E-state index contributed by atoms with van der Waals surface area (Å²) in [6.45, 7) is 4.21. The first-order chi connectivity index (χ1) is 7.77. The number of hydrogen-bond donors (Lipinski definition) is 1. The zero-order chi connectivity index (χ0) is 11.8. The summed E-state index contributed by atoms with van der Waals surface area (Å²) in [7, 11) is 3.36. The van der Waals surface area contributed by atoms with E-state index in [-0.39, 0.29) is 5.91 Å². The third-order valence-electron chi connectivity index (χ3n) is 2.80. The zero-order valence-electron chi connectivity index (χ0n) is 10.2. The van der Waals surface area contributed by atoms with E-state index in [0.717, 1.165) is 32.7 Å². The van der Waals surface area contributed by atoms with Crippen molar-refractivity contribution in [3.05, 3.63) is 0 Å². The van der Waals surface area contributed by atoms with Gasteiger partial charge < -0.3 is 19.7 Å². The summed E-state index contributed by atoms with van der Waals surface area (Å²) >= 11 is 0. The van der Waals surface area contributed by atoms with Gasteiger partial charge in [0.25, 0.3) is 0 Å². The van der Waals surface area contributed by atoms with Gasteiger partial charge in [-0.2, -0.15) is 0 Å². The smallest absolute Gasteiger partial charge is 0.236 e. The summed E-state index contributed by atoms with van der Waals surface area (Å²) in [6, 6.07) is 0. The zero-order valence-corrected chi connectivity index (χ0v) is 10.2. The second-order valence-corrected chi connectivity index (χ2v) is 4.12. The molecular weight excluding hydrogens is 208 g/mol. The van der Waals surface area contributed by atoms with E-state index >= 15 is 0 Å². The van der Waals surface area contributed by atoms with Crippen molar-refractivity contribution < 1.29 is 14.3 Å². The lowest BCUT2D eigenvalue weighted by Gasteiger charge is -2.16. The number of nitrogens with zero attached hydrogens (tertiary/aromatic N) is 1. The second kappa shape index (κ2) is 7.60. The highest BCUT2D eigenvalue weighted by Gasteiger charge is 2.25. The fraction of sp³-hybridized carbons (Fsp3) is 0.909. The summed E-state index contributed by atoms with van der Waals surface area (Å²) in [5, 5.41) is 3.06. The molecule has 1 unspecified atom stereocenters. The van der Waals surface area contributed by atoms with Gasteiger partial charge in [-0.25, -0.2) is 0 Å². The molecule has 94 valence electrons. The van der Waals surface area contributed by atoms with E-state index in [1.54, 1.807) is 14.2 Å². The molecule has 1 heterocycles. The lowest BCUT2D eigenvalue weighted by Crippen LogP contribution is -2.37. The van der Waals surface area contributed by atoms with Gasteiger partial charge in [0.05, 0.1) is 19.8 Å². The van der Waals surface area contributed by atoms with Gasteiger partial charge in [0.1, 0.15) is 0 Å². The normalized spacial score (nSPS) is 20.4. The van der Waals surface area contributed by atoms with Crippen molar-refractivity contribution in [1.82, 2.24) is 10.2 Å². The Balaban J connectivity index is 2.13. The molecule has 5 nitrogen and oxygen atoms in total. The van der Waals surface area contributed by atoms with E-state index in [1.165, 1.54) is 0 Å². The number of hydrogen-bond acceptors (Lipinski definition) is 4. The van der Waals surface area contributed by atoms with Gasteiger partial charge in [-0.3, -0.25) is 4.79 Å². The van der Waals surface area contributed by atoms with Crippen molar-refractivity contribution in [2.24, 2.45) is 5.92 Å². The molecule has 1 amide bonds. The average molecular weight is 230 g/mol. The number of amides is 1. The number of rotatable bonds is 7. The molecule has 1 saturated heterocycles. The highest BCUT2D eigenvalue weighted by molar-refractivity contribution is 5.78. The lowest BCUT2D eigenvalue weighted by atomic mass is 10.1. The molecule has 1 aliphatic heterocycles. The molecular formula is C11H22N2O3. The molecule has 1 aliphatic rings. The molecule has 0 bridgehead atoms. The van der Waals surface area contributed by atoms with Crippen LogP contribution < -0.4 is 5.32 Å².